The third-order valence-electron chi connectivity index (χ3n) is 13.4. The Bertz CT molecular complexity index is 3650. The molecular weight excluding hydrogens is 1150 g/mol. The van der Waals surface area contributed by atoms with E-state index in [4.69, 9.17) is 34.2 Å². The molecule has 0 aliphatic carbocycles. The van der Waals surface area contributed by atoms with E-state index in [0.29, 0.717) is 22.3 Å². The number of hydrogen-bond donors (Lipinski definition) is 5. The van der Waals surface area contributed by atoms with Crippen LogP contribution in [0.3, 0.4) is 0 Å². The molecule has 0 unspecified atom stereocenters. The van der Waals surface area contributed by atoms with Gasteiger partial charge in [-0.3, -0.25) is 4.79 Å². The largest absolute Gasteiger partial charge is 0.489 e. The van der Waals surface area contributed by atoms with Gasteiger partial charge in [0, 0.05) is 24.9 Å². The normalized spacial score (nSPS) is 12.3. The number of aliphatic hydroxyl groups is 1. The lowest BCUT2D eigenvalue weighted by Crippen LogP contribution is -2.51. The molecule has 22 heteroatoms. The second-order valence-electron chi connectivity index (χ2n) is 19.9. The van der Waals surface area contributed by atoms with Crippen molar-refractivity contribution in [3.63, 3.8) is 0 Å². The van der Waals surface area contributed by atoms with Crippen LogP contribution in [0.2, 0.25) is 0 Å². The van der Waals surface area contributed by atoms with E-state index in [0.717, 1.165) is 11.6 Å². The Morgan fingerprint density at radius 1 is 0.455 bits per heavy atom. The molecule has 0 fully saturated rings. The standard InChI is InChI=1S/C66H58F6N4O12/c67-50-30-46(45-26-27-54(83-35-40-16-6-1-7-17-40)47(28-45)31-53(76-66(82)87-39-44-24-14-5-15-25-44)64(80)88-61-58(71)56(69)55(68)57(70)59(61)72)29-48(60(50)84-36-41-18-8-2-9-19-41)32-52(63(79)85-37-42-20-10-3-11-21-42)75-62(78)51(73)33-49(77)34-74-65(81)86-38-43-22-12-4-13-23-43/h1-30,49,51-53,77H,31-39,73H2,(H,74,81)(H,75,78)(H,76,82)/t49-,51+,52+,53+/m1/s1. The van der Waals surface area contributed by atoms with E-state index in [-0.39, 0.29) is 73.3 Å². The Morgan fingerprint density at radius 2 is 0.898 bits per heavy atom. The predicted octanol–water partition coefficient (Wildman–Crippen LogP) is 10.6. The summed E-state index contributed by atoms with van der Waals surface area (Å²) < 4.78 is 124. The van der Waals surface area contributed by atoms with Crippen LogP contribution in [-0.2, 0) is 74.5 Å². The maximum absolute atomic E-state index is 17.1. The van der Waals surface area contributed by atoms with Crippen molar-refractivity contribution < 1.29 is 83.8 Å². The maximum atomic E-state index is 17.1. The second-order valence-corrected chi connectivity index (χ2v) is 19.9. The zero-order chi connectivity index (χ0) is 62.5. The summed E-state index contributed by atoms with van der Waals surface area (Å²) in [5.74, 6) is -19.2. The molecule has 16 nitrogen and oxygen atoms in total. The van der Waals surface area contributed by atoms with E-state index < -0.39 is 114 Å². The summed E-state index contributed by atoms with van der Waals surface area (Å²) in [5, 5.41) is 18.1. The highest BCUT2D eigenvalue weighted by atomic mass is 19.2. The number of rotatable bonds is 27. The van der Waals surface area contributed by atoms with Gasteiger partial charge in [0.05, 0.1) is 12.1 Å². The highest BCUT2D eigenvalue weighted by Gasteiger charge is 2.34. The van der Waals surface area contributed by atoms with Gasteiger partial charge >= 0.3 is 24.1 Å². The van der Waals surface area contributed by atoms with Gasteiger partial charge in [-0.1, -0.05) is 158 Å². The van der Waals surface area contributed by atoms with Crippen LogP contribution in [0.25, 0.3) is 11.1 Å². The number of amides is 3. The molecule has 88 heavy (non-hydrogen) atoms. The van der Waals surface area contributed by atoms with E-state index in [1.807, 2.05) is 0 Å². The van der Waals surface area contributed by atoms with Crippen LogP contribution in [-0.4, -0.2) is 65.9 Å². The number of halogens is 6. The third kappa shape index (κ3) is 18.2. The molecule has 0 heterocycles. The van der Waals surface area contributed by atoms with Crippen molar-refractivity contribution in [3.05, 3.63) is 256 Å². The maximum Gasteiger partial charge on any atom is 0.408 e. The first kappa shape index (κ1) is 63.8. The number of alkyl carbamates (subject to hydrolysis) is 2. The van der Waals surface area contributed by atoms with Crippen LogP contribution in [0.1, 0.15) is 45.4 Å². The minimum absolute atomic E-state index is 0.0160. The highest BCUT2D eigenvalue weighted by molar-refractivity contribution is 5.88. The zero-order valence-electron chi connectivity index (χ0n) is 46.8. The number of esters is 2. The lowest BCUT2D eigenvalue weighted by Gasteiger charge is -2.23. The molecule has 0 spiro atoms. The summed E-state index contributed by atoms with van der Waals surface area (Å²) in [5.41, 5.74) is 9.63. The Morgan fingerprint density at radius 3 is 1.43 bits per heavy atom. The SMILES string of the molecule is N[C@@H](C[C@@H](O)CNC(=O)OCc1ccccc1)C(=O)N[C@@H](Cc1cc(-c2ccc(OCc3ccccc3)c(C[C@H](NC(=O)OCc3ccccc3)C(=O)Oc3c(F)c(F)c(F)c(F)c3F)c2)cc(F)c1OCc1ccccc1)C(=O)OCc1ccccc1. The van der Waals surface area contributed by atoms with Crippen LogP contribution in [0.5, 0.6) is 17.2 Å². The third-order valence-corrected chi connectivity index (χ3v) is 13.4. The number of hydrogen-bond acceptors (Lipinski definition) is 13. The van der Waals surface area contributed by atoms with E-state index in [1.165, 1.54) is 24.3 Å². The second kappa shape index (κ2) is 31.3. The number of carbonyl (C=O) groups excluding carboxylic acids is 5. The molecule has 8 rings (SSSR count). The molecule has 3 amide bonds. The number of nitrogens with two attached hydrogens (primary N) is 1. The summed E-state index contributed by atoms with van der Waals surface area (Å²) in [6, 6.07) is 44.8. The monoisotopic (exact) mass is 1210 g/mol. The fraction of sp³-hybridized carbons (Fsp3) is 0.197. The number of ether oxygens (including phenoxy) is 6. The van der Waals surface area contributed by atoms with Crippen molar-refractivity contribution >= 4 is 30.0 Å². The van der Waals surface area contributed by atoms with E-state index in [9.17, 15) is 42.3 Å². The lowest BCUT2D eigenvalue weighted by atomic mass is 9.95. The molecule has 0 saturated heterocycles. The fourth-order valence-electron chi connectivity index (χ4n) is 8.80. The van der Waals surface area contributed by atoms with Crippen molar-refractivity contribution in [1.29, 1.82) is 0 Å². The fourth-order valence-corrected chi connectivity index (χ4v) is 8.80. The molecule has 0 saturated carbocycles. The first-order valence-corrected chi connectivity index (χ1v) is 27.4. The van der Waals surface area contributed by atoms with Gasteiger partial charge in [-0.2, -0.15) is 8.78 Å². The van der Waals surface area contributed by atoms with Crippen molar-refractivity contribution in [2.45, 2.75) is 76.5 Å². The Hall–Kier alpha value is -10.2. The first-order chi connectivity index (χ1) is 42.5. The van der Waals surface area contributed by atoms with E-state index in [1.54, 1.807) is 152 Å². The van der Waals surface area contributed by atoms with Gasteiger partial charge < -0.3 is 55.2 Å². The van der Waals surface area contributed by atoms with Gasteiger partial charge in [-0.15, -0.1) is 0 Å². The smallest absolute Gasteiger partial charge is 0.408 e. The molecule has 0 aliphatic heterocycles. The van der Waals surface area contributed by atoms with E-state index in [2.05, 4.69) is 16.0 Å². The van der Waals surface area contributed by atoms with Gasteiger partial charge in [-0.25, -0.2) is 36.7 Å². The van der Waals surface area contributed by atoms with Gasteiger partial charge in [0.15, 0.2) is 11.6 Å². The Labute approximate surface area is 501 Å². The van der Waals surface area contributed by atoms with Gasteiger partial charge in [-0.05, 0) is 75.2 Å². The zero-order valence-corrected chi connectivity index (χ0v) is 46.8. The van der Waals surface area contributed by atoms with Gasteiger partial charge in [0.1, 0.15) is 50.9 Å². The van der Waals surface area contributed by atoms with Crippen molar-refractivity contribution in [2.24, 2.45) is 5.73 Å². The molecular formula is C66H58F6N4O12. The van der Waals surface area contributed by atoms with Crippen LogP contribution in [0.15, 0.2) is 182 Å². The summed E-state index contributed by atoms with van der Waals surface area (Å²) in [6.07, 6.45) is -5.15. The predicted molar refractivity (Wildman–Crippen MR) is 308 cm³/mol. The molecule has 0 bridgehead atoms. The first-order valence-electron chi connectivity index (χ1n) is 27.4. The van der Waals surface area contributed by atoms with Crippen LogP contribution in [0.4, 0.5) is 35.9 Å². The molecule has 0 aliphatic rings. The number of carbonyl (C=O) groups is 5. The molecule has 456 valence electrons. The lowest BCUT2D eigenvalue weighted by molar-refractivity contribution is -0.149. The molecule has 6 N–H and O–H groups in total. The molecule has 8 aromatic rings. The topological polar surface area (TPSA) is 223 Å². The summed E-state index contributed by atoms with van der Waals surface area (Å²) in [7, 11) is 0. The number of benzene rings is 8. The Balaban J connectivity index is 1.13. The van der Waals surface area contributed by atoms with Crippen LogP contribution >= 0.6 is 0 Å². The minimum Gasteiger partial charge on any atom is -0.489 e. The van der Waals surface area contributed by atoms with Crippen LogP contribution in [0, 0.1) is 34.9 Å². The quantitative estimate of drug-likeness (QED) is 0.00808. The number of nitrogens with one attached hydrogen (secondary N) is 3. The van der Waals surface area contributed by atoms with Crippen molar-refractivity contribution in [2.75, 3.05) is 6.54 Å². The molecule has 0 aromatic heterocycles. The van der Waals surface area contributed by atoms with E-state index >= 15 is 13.2 Å². The molecule has 0 radical (unpaired) electrons. The van der Waals surface area contributed by atoms with Crippen molar-refractivity contribution in [3.8, 4) is 28.4 Å². The number of aliphatic hydroxyl groups excluding tert-OH is 1. The summed E-state index contributed by atoms with van der Waals surface area (Å²) >= 11 is 0. The average Bonchev–Trinajstić information content (AvgIpc) is 3.68. The summed E-state index contributed by atoms with van der Waals surface area (Å²) in [4.78, 5) is 68.2. The Kier molecular flexibility index (Phi) is 22.7. The minimum atomic E-state index is -2.52. The van der Waals surface area contributed by atoms with Crippen molar-refractivity contribution in [1.82, 2.24) is 16.0 Å². The highest BCUT2D eigenvalue weighted by Crippen LogP contribution is 2.36. The molecule has 4 atom stereocenters. The molecule has 8 aromatic carbocycles. The average molecular weight is 1210 g/mol. The summed E-state index contributed by atoms with van der Waals surface area (Å²) in [6.45, 7) is -1.30. The van der Waals surface area contributed by atoms with Gasteiger partial charge in [0.25, 0.3) is 0 Å². The van der Waals surface area contributed by atoms with Gasteiger partial charge in [0.2, 0.25) is 40.7 Å². The van der Waals surface area contributed by atoms with Crippen LogP contribution < -0.4 is 35.9 Å².